The van der Waals surface area contributed by atoms with Gasteiger partial charge < -0.3 is 15.8 Å². The van der Waals surface area contributed by atoms with E-state index in [9.17, 15) is 4.79 Å². The number of carbonyl (C=O) groups is 1. The number of hydrogen-bond acceptors (Lipinski definition) is 5. The fourth-order valence-corrected chi connectivity index (χ4v) is 3.50. The number of aromatic nitrogens is 1. The Kier molecular flexibility index (Phi) is 6.42. The Bertz CT molecular complexity index is 680. The molecule has 6 heteroatoms. The molecule has 3 N–H and O–H groups in total. The average molecular weight is 359 g/mol. The monoisotopic (exact) mass is 359 g/mol. The van der Waals surface area contributed by atoms with Crippen LogP contribution >= 0.6 is 11.3 Å². The molecule has 1 fully saturated rings. The lowest BCUT2D eigenvalue weighted by Crippen LogP contribution is -2.18. The fraction of sp³-hybridized carbons (Fsp3) is 0.474. The van der Waals surface area contributed by atoms with E-state index in [4.69, 9.17) is 10.5 Å². The number of unbranched alkanes of at least 4 members (excludes halogenated alkanes) is 1. The first-order valence-corrected chi connectivity index (χ1v) is 9.69. The fourth-order valence-electron chi connectivity index (χ4n) is 2.67. The second-order valence-electron chi connectivity index (χ2n) is 6.54. The number of benzene rings is 1. The van der Waals surface area contributed by atoms with E-state index in [-0.39, 0.29) is 6.61 Å². The van der Waals surface area contributed by atoms with Crippen molar-refractivity contribution in [1.82, 2.24) is 10.3 Å². The molecule has 1 heterocycles. The molecule has 1 saturated carbocycles. The van der Waals surface area contributed by atoms with E-state index >= 15 is 0 Å². The van der Waals surface area contributed by atoms with Crippen LogP contribution in [0.2, 0.25) is 0 Å². The van der Waals surface area contributed by atoms with Crippen LogP contribution in [0.5, 0.6) is 0 Å². The van der Waals surface area contributed by atoms with Gasteiger partial charge in [0.25, 0.3) is 0 Å². The van der Waals surface area contributed by atoms with Crippen molar-refractivity contribution in [1.29, 1.82) is 0 Å². The summed E-state index contributed by atoms with van der Waals surface area (Å²) in [5, 5.41) is 4.47. The first kappa shape index (κ1) is 17.9. The van der Waals surface area contributed by atoms with Gasteiger partial charge in [-0.1, -0.05) is 24.3 Å². The lowest BCUT2D eigenvalue weighted by atomic mass is 10.1. The van der Waals surface area contributed by atoms with Gasteiger partial charge in [-0.05, 0) is 56.7 Å². The summed E-state index contributed by atoms with van der Waals surface area (Å²) in [7, 11) is 0. The lowest BCUT2D eigenvalue weighted by molar-refractivity contribution is 0.151. The second-order valence-corrected chi connectivity index (χ2v) is 7.66. The molecule has 1 amide bonds. The van der Waals surface area contributed by atoms with Crippen LogP contribution in [0.1, 0.15) is 36.1 Å². The van der Waals surface area contributed by atoms with E-state index in [1.54, 1.807) is 6.20 Å². The van der Waals surface area contributed by atoms with Crippen LogP contribution in [0.3, 0.4) is 0 Å². The maximum atomic E-state index is 10.6. The number of primary amides is 1. The molecule has 1 aromatic carbocycles. The van der Waals surface area contributed by atoms with Crippen molar-refractivity contribution < 1.29 is 9.53 Å². The SMILES string of the molecule is NC(=O)OCc1cnc(-c2ccc(CCCCNCC3CC3)cc2)s1. The van der Waals surface area contributed by atoms with Gasteiger partial charge in [-0.15, -0.1) is 11.3 Å². The summed E-state index contributed by atoms with van der Waals surface area (Å²) in [5.41, 5.74) is 7.43. The van der Waals surface area contributed by atoms with Crippen molar-refractivity contribution in [3.05, 3.63) is 40.9 Å². The maximum Gasteiger partial charge on any atom is 0.404 e. The summed E-state index contributed by atoms with van der Waals surface area (Å²) < 4.78 is 4.79. The first-order chi connectivity index (χ1) is 12.2. The van der Waals surface area contributed by atoms with Crippen LogP contribution in [-0.2, 0) is 17.8 Å². The summed E-state index contributed by atoms with van der Waals surface area (Å²) in [6.07, 6.45) is 7.34. The van der Waals surface area contributed by atoms with Crippen molar-refractivity contribution in [3.63, 3.8) is 0 Å². The van der Waals surface area contributed by atoms with Crippen LogP contribution in [0, 0.1) is 5.92 Å². The molecule has 1 aromatic heterocycles. The third-order valence-electron chi connectivity index (χ3n) is 4.31. The van der Waals surface area contributed by atoms with Crippen molar-refractivity contribution in [2.45, 2.75) is 38.7 Å². The van der Waals surface area contributed by atoms with Gasteiger partial charge in [0.15, 0.2) is 0 Å². The number of hydrogen-bond donors (Lipinski definition) is 2. The zero-order chi connectivity index (χ0) is 17.5. The van der Waals surface area contributed by atoms with Gasteiger partial charge in [-0.25, -0.2) is 9.78 Å². The summed E-state index contributed by atoms with van der Waals surface area (Å²) in [4.78, 5) is 15.9. The zero-order valence-electron chi connectivity index (χ0n) is 14.4. The molecule has 0 atom stereocenters. The standard InChI is InChI=1S/C19H25N3O2S/c20-19(23)24-13-17-12-22-18(25-17)16-8-6-14(7-9-16)3-1-2-10-21-11-15-4-5-15/h6-9,12,15,21H,1-5,10-11,13H2,(H2,20,23). The van der Waals surface area contributed by atoms with E-state index in [1.807, 2.05) is 0 Å². The van der Waals surface area contributed by atoms with Crippen LogP contribution in [0.4, 0.5) is 4.79 Å². The molecule has 2 aromatic rings. The largest absolute Gasteiger partial charge is 0.444 e. The van der Waals surface area contributed by atoms with Crippen molar-refractivity contribution in [3.8, 4) is 10.6 Å². The highest BCUT2D eigenvalue weighted by molar-refractivity contribution is 7.15. The minimum Gasteiger partial charge on any atom is -0.444 e. The molecular formula is C19H25N3O2S. The van der Waals surface area contributed by atoms with Gasteiger partial charge in [-0.2, -0.15) is 0 Å². The van der Waals surface area contributed by atoms with Crippen LogP contribution in [0.25, 0.3) is 10.6 Å². The number of ether oxygens (including phenoxy) is 1. The maximum absolute atomic E-state index is 10.6. The Morgan fingerprint density at radius 2 is 2.08 bits per heavy atom. The quantitative estimate of drug-likeness (QED) is 0.634. The third kappa shape index (κ3) is 6.14. The predicted molar refractivity (Wildman–Crippen MR) is 100 cm³/mol. The van der Waals surface area contributed by atoms with E-state index in [1.165, 1.54) is 49.1 Å². The average Bonchev–Trinajstić information content (AvgIpc) is 3.32. The molecule has 1 aliphatic carbocycles. The molecule has 0 bridgehead atoms. The lowest BCUT2D eigenvalue weighted by Gasteiger charge is -2.05. The number of amides is 1. The minimum absolute atomic E-state index is 0.180. The number of nitrogens with two attached hydrogens (primary N) is 1. The topological polar surface area (TPSA) is 77.2 Å². The Balaban J connectivity index is 1.41. The molecule has 0 radical (unpaired) electrons. The van der Waals surface area contributed by atoms with Gasteiger partial charge in [0.2, 0.25) is 0 Å². The predicted octanol–water partition coefficient (Wildman–Crippen LogP) is 3.73. The molecule has 0 saturated heterocycles. The molecule has 25 heavy (non-hydrogen) atoms. The van der Waals surface area contributed by atoms with Gasteiger partial charge >= 0.3 is 6.09 Å². The number of carbonyl (C=O) groups excluding carboxylic acids is 1. The van der Waals surface area contributed by atoms with Gasteiger partial charge in [0, 0.05) is 11.8 Å². The van der Waals surface area contributed by atoms with Crippen LogP contribution in [0.15, 0.2) is 30.5 Å². The molecule has 3 rings (SSSR count). The summed E-state index contributed by atoms with van der Waals surface area (Å²) in [5.74, 6) is 0.960. The highest BCUT2D eigenvalue weighted by atomic mass is 32.1. The highest BCUT2D eigenvalue weighted by Gasteiger charge is 2.19. The second kappa shape index (κ2) is 8.97. The molecule has 0 unspecified atom stereocenters. The molecule has 134 valence electrons. The number of thiazole rings is 1. The van der Waals surface area contributed by atoms with Gasteiger partial charge in [0.05, 0.1) is 4.88 Å². The molecule has 0 spiro atoms. The van der Waals surface area contributed by atoms with Crippen LogP contribution in [-0.4, -0.2) is 24.2 Å². The molecule has 0 aliphatic heterocycles. The first-order valence-electron chi connectivity index (χ1n) is 8.87. The van der Waals surface area contributed by atoms with Crippen molar-refractivity contribution in [2.75, 3.05) is 13.1 Å². The normalized spacial score (nSPS) is 13.8. The van der Waals surface area contributed by atoms with E-state index in [0.717, 1.165) is 34.3 Å². The summed E-state index contributed by atoms with van der Waals surface area (Å²) in [6.45, 7) is 2.51. The van der Waals surface area contributed by atoms with Gasteiger partial charge in [-0.3, -0.25) is 0 Å². The minimum atomic E-state index is -0.762. The van der Waals surface area contributed by atoms with E-state index < -0.39 is 6.09 Å². The third-order valence-corrected chi connectivity index (χ3v) is 5.33. The van der Waals surface area contributed by atoms with E-state index in [2.05, 4.69) is 34.6 Å². The van der Waals surface area contributed by atoms with E-state index in [0.29, 0.717) is 0 Å². The molecular weight excluding hydrogens is 334 g/mol. The Morgan fingerprint density at radius 3 is 2.80 bits per heavy atom. The Labute approximate surface area is 152 Å². The summed E-state index contributed by atoms with van der Waals surface area (Å²) >= 11 is 1.52. The number of nitrogens with zero attached hydrogens (tertiary/aromatic N) is 1. The number of nitrogens with one attached hydrogen (secondary N) is 1. The Morgan fingerprint density at radius 1 is 1.28 bits per heavy atom. The summed E-state index contributed by atoms with van der Waals surface area (Å²) in [6, 6.07) is 8.57. The smallest absolute Gasteiger partial charge is 0.404 e. The van der Waals surface area contributed by atoms with Crippen LogP contribution < -0.4 is 11.1 Å². The van der Waals surface area contributed by atoms with Crippen molar-refractivity contribution in [2.24, 2.45) is 11.7 Å². The van der Waals surface area contributed by atoms with Crippen molar-refractivity contribution >= 4 is 17.4 Å². The number of aryl methyl sites for hydroxylation is 1. The zero-order valence-corrected chi connectivity index (χ0v) is 15.2. The van der Waals surface area contributed by atoms with Gasteiger partial charge in [0.1, 0.15) is 11.6 Å². The number of rotatable bonds is 10. The Hall–Kier alpha value is -1.92. The highest BCUT2D eigenvalue weighted by Crippen LogP contribution is 2.27. The molecule has 1 aliphatic rings. The molecule has 5 nitrogen and oxygen atoms in total.